The molecule has 20 heavy (non-hydrogen) atoms. The van der Waals surface area contributed by atoms with Crippen LogP contribution in [0.4, 0.5) is 0 Å². The first-order valence-corrected chi connectivity index (χ1v) is 5.99. The first-order chi connectivity index (χ1) is 9.65. The molecule has 0 fully saturated rings. The van der Waals surface area contributed by atoms with Crippen LogP contribution in [0.25, 0.3) is 10.8 Å². The van der Waals surface area contributed by atoms with Crippen LogP contribution in [0.3, 0.4) is 0 Å². The van der Waals surface area contributed by atoms with Crippen LogP contribution in [0.2, 0.25) is 0 Å². The largest absolute Gasteiger partial charge is 0.496 e. The second kappa shape index (κ2) is 6.06. The Balaban J connectivity index is 2.31. The van der Waals surface area contributed by atoms with E-state index >= 15 is 0 Å². The molecule has 104 valence electrons. The van der Waals surface area contributed by atoms with Gasteiger partial charge in [-0.3, -0.25) is 9.59 Å². The topological polar surface area (TPSA) is 61.8 Å². The average molecular weight is 274 g/mol. The van der Waals surface area contributed by atoms with Gasteiger partial charge >= 0.3 is 11.9 Å². The number of hydrogen-bond donors (Lipinski definition) is 0. The summed E-state index contributed by atoms with van der Waals surface area (Å²) in [5.41, 5.74) is 0. The third-order valence-electron chi connectivity index (χ3n) is 2.80. The highest BCUT2D eigenvalue weighted by atomic mass is 16.5. The van der Waals surface area contributed by atoms with Crippen LogP contribution in [0.15, 0.2) is 36.4 Å². The summed E-state index contributed by atoms with van der Waals surface area (Å²) >= 11 is 0. The molecule has 0 radical (unpaired) electrons. The summed E-state index contributed by atoms with van der Waals surface area (Å²) in [6.07, 6.45) is -0.420. The van der Waals surface area contributed by atoms with Crippen LogP contribution in [-0.2, 0) is 14.3 Å². The summed E-state index contributed by atoms with van der Waals surface area (Å²) in [7, 11) is 2.79. The zero-order valence-corrected chi connectivity index (χ0v) is 11.2. The van der Waals surface area contributed by atoms with E-state index in [-0.39, 0.29) is 0 Å². The SMILES string of the molecule is COC(=O)CC(=O)Oc1ccc(OC)c2ccccc12. The molecular formula is C15H14O5. The van der Waals surface area contributed by atoms with Crippen molar-refractivity contribution in [1.29, 1.82) is 0 Å². The molecule has 0 atom stereocenters. The van der Waals surface area contributed by atoms with Crippen LogP contribution < -0.4 is 9.47 Å². The van der Waals surface area contributed by atoms with Gasteiger partial charge in [0.05, 0.1) is 14.2 Å². The highest BCUT2D eigenvalue weighted by molar-refractivity contribution is 5.97. The second-order valence-electron chi connectivity index (χ2n) is 4.04. The van der Waals surface area contributed by atoms with Gasteiger partial charge in [-0.2, -0.15) is 0 Å². The quantitative estimate of drug-likeness (QED) is 0.486. The molecule has 0 spiro atoms. The molecule has 0 aliphatic carbocycles. The van der Waals surface area contributed by atoms with Crippen molar-refractivity contribution in [2.75, 3.05) is 14.2 Å². The number of benzene rings is 2. The van der Waals surface area contributed by atoms with Crippen molar-refractivity contribution in [1.82, 2.24) is 0 Å². The Morgan fingerprint density at radius 2 is 1.50 bits per heavy atom. The number of ether oxygens (including phenoxy) is 3. The van der Waals surface area contributed by atoms with Gasteiger partial charge < -0.3 is 14.2 Å². The van der Waals surface area contributed by atoms with E-state index in [1.54, 1.807) is 19.2 Å². The minimum absolute atomic E-state index is 0.385. The zero-order valence-electron chi connectivity index (χ0n) is 11.2. The molecule has 2 rings (SSSR count). The molecule has 5 heteroatoms. The van der Waals surface area contributed by atoms with Crippen molar-refractivity contribution in [2.24, 2.45) is 0 Å². The van der Waals surface area contributed by atoms with Crippen LogP contribution in [0.5, 0.6) is 11.5 Å². The summed E-state index contributed by atoms with van der Waals surface area (Å²) in [4.78, 5) is 22.7. The lowest BCUT2D eigenvalue weighted by molar-refractivity contribution is -0.148. The van der Waals surface area contributed by atoms with Gasteiger partial charge in [0.25, 0.3) is 0 Å². The molecule has 0 aliphatic heterocycles. The molecule has 0 aliphatic rings. The van der Waals surface area contributed by atoms with Gasteiger partial charge in [0.15, 0.2) is 0 Å². The third-order valence-corrected chi connectivity index (χ3v) is 2.80. The molecule has 5 nitrogen and oxygen atoms in total. The molecule has 0 unspecified atom stereocenters. The average Bonchev–Trinajstić information content (AvgIpc) is 2.47. The van der Waals surface area contributed by atoms with Gasteiger partial charge in [-0.15, -0.1) is 0 Å². The number of rotatable bonds is 4. The number of methoxy groups -OCH3 is 2. The zero-order chi connectivity index (χ0) is 14.5. The minimum Gasteiger partial charge on any atom is -0.496 e. The first kappa shape index (κ1) is 13.9. The number of esters is 2. The van der Waals surface area contributed by atoms with Crippen molar-refractivity contribution < 1.29 is 23.8 Å². The van der Waals surface area contributed by atoms with Gasteiger partial charge in [0.1, 0.15) is 17.9 Å². The fraction of sp³-hybridized carbons (Fsp3) is 0.200. The van der Waals surface area contributed by atoms with E-state index in [0.29, 0.717) is 11.5 Å². The van der Waals surface area contributed by atoms with Gasteiger partial charge in [0.2, 0.25) is 0 Å². The summed E-state index contributed by atoms with van der Waals surface area (Å²) < 4.78 is 14.9. The molecule has 0 amide bonds. The van der Waals surface area contributed by atoms with Crippen molar-refractivity contribution in [2.45, 2.75) is 6.42 Å². The lowest BCUT2D eigenvalue weighted by atomic mass is 10.1. The summed E-state index contributed by atoms with van der Waals surface area (Å²) in [6.45, 7) is 0. The van der Waals surface area contributed by atoms with Gasteiger partial charge in [-0.1, -0.05) is 24.3 Å². The predicted molar refractivity (Wildman–Crippen MR) is 72.8 cm³/mol. The maximum Gasteiger partial charge on any atom is 0.322 e. The molecule has 0 bridgehead atoms. The molecule has 0 saturated heterocycles. The molecule has 2 aromatic carbocycles. The number of carbonyl (C=O) groups excluding carboxylic acids is 2. The van der Waals surface area contributed by atoms with E-state index < -0.39 is 18.4 Å². The maximum atomic E-state index is 11.6. The maximum absolute atomic E-state index is 11.6. The van der Waals surface area contributed by atoms with Crippen LogP contribution >= 0.6 is 0 Å². The van der Waals surface area contributed by atoms with Crippen molar-refractivity contribution >= 4 is 22.7 Å². The van der Waals surface area contributed by atoms with E-state index in [4.69, 9.17) is 9.47 Å². The second-order valence-corrected chi connectivity index (χ2v) is 4.04. The number of hydrogen-bond acceptors (Lipinski definition) is 5. The lowest BCUT2D eigenvalue weighted by Crippen LogP contribution is -2.15. The fourth-order valence-electron chi connectivity index (χ4n) is 1.86. The summed E-state index contributed by atoms with van der Waals surface area (Å²) in [5.74, 6) is -0.219. The van der Waals surface area contributed by atoms with E-state index in [9.17, 15) is 9.59 Å². The van der Waals surface area contributed by atoms with Crippen LogP contribution in [0.1, 0.15) is 6.42 Å². The smallest absolute Gasteiger partial charge is 0.322 e. The monoisotopic (exact) mass is 274 g/mol. The molecule has 0 aromatic heterocycles. The normalized spacial score (nSPS) is 10.1. The fourth-order valence-corrected chi connectivity index (χ4v) is 1.86. The van der Waals surface area contributed by atoms with E-state index in [1.165, 1.54) is 7.11 Å². The third kappa shape index (κ3) is 2.88. The van der Waals surface area contributed by atoms with Crippen molar-refractivity contribution in [3.8, 4) is 11.5 Å². The summed E-state index contributed by atoms with van der Waals surface area (Å²) in [5, 5.41) is 1.57. The van der Waals surface area contributed by atoms with Crippen LogP contribution in [-0.4, -0.2) is 26.2 Å². The molecule has 0 heterocycles. The van der Waals surface area contributed by atoms with Gasteiger partial charge in [-0.05, 0) is 12.1 Å². The highest BCUT2D eigenvalue weighted by Gasteiger charge is 2.14. The number of fused-ring (bicyclic) bond motifs is 1. The standard InChI is InChI=1S/C15H14O5/c1-18-12-7-8-13(11-6-4-3-5-10(11)12)20-15(17)9-14(16)19-2/h3-8H,9H2,1-2H3. The molecule has 0 N–H and O–H groups in total. The lowest BCUT2D eigenvalue weighted by Gasteiger charge is -2.10. The molecule has 0 saturated carbocycles. The van der Waals surface area contributed by atoms with E-state index in [0.717, 1.165) is 10.8 Å². The molecular weight excluding hydrogens is 260 g/mol. The first-order valence-electron chi connectivity index (χ1n) is 5.99. The summed E-state index contributed by atoms with van der Waals surface area (Å²) in [6, 6.07) is 10.7. The Morgan fingerprint density at radius 3 is 2.10 bits per heavy atom. The van der Waals surface area contributed by atoms with E-state index in [1.807, 2.05) is 24.3 Å². The van der Waals surface area contributed by atoms with E-state index in [2.05, 4.69) is 4.74 Å². The van der Waals surface area contributed by atoms with Gasteiger partial charge in [0, 0.05) is 10.8 Å². The highest BCUT2D eigenvalue weighted by Crippen LogP contribution is 2.32. The van der Waals surface area contributed by atoms with Crippen molar-refractivity contribution in [3.63, 3.8) is 0 Å². The number of carbonyl (C=O) groups is 2. The minimum atomic E-state index is -0.660. The Labute approximate surface area is 116 Å². The Morgan fingerprint density at radius 1 is 0.900 bits per heavy atom. The van der Waals surface area contributed by atoms with Gasteiger partial charge in [-0.25, -0.2) is 0 Å². The molecule has 2 aromatic rings. The predicted octanol–water partition coefficient (Wildman–Crippen LogP) is 2.32. The van der Waals surface area contributed by atoms with Crippen LogP contribution in [0, 0.1) is 0 Å². The Bertz CT molecular complexity index is 648. The van der Waals surface area contributed by atoms with Crippen molar-refractivity contribution in [3.05, 3.63) is 36.4 Å². The Kier molecular flexibility index (Phi) is 4.20. The Hall–Kier alpha value is -2.56.